The Labute approximate surface area is 173 Å². The third-order valence-electron chi connectivity index (χ3n) is 3.86. The van der Waals surface area contributed by atoms with Crippen molar-refractivity contribution < 1.29 is 41.2 Å². The average molecular weight is 348 g/mol. The van der Waals surface area contributed by atoms with Gasteiger partial charge in [0.25, 0.3) is 0 Å². The van der Waals surface area contributed by atoms with Crippen LogP contribution in [0.2, 0.25) is 0 Å². The second kappa shape index (κ2) is 21.1. The molecule has 1 aliphatic rings. The molecule has 3 N–H and O–H groups in total. The van der Waals surface area contributed by atoms with Crippen LogP contribution in [0.4, 0.5) is 0 Å². The zero-order chi connectivity index (χ0) is 17.2. The van der Waals surface area contributed by atoms with Crippen molar-refractivity contribution in [1.29, 1.82) is 0 Å². The summed E-state index contributed by atoms with van der Waals surface area (Å²) in [6.45, 7) is 7.22. The molecule has 2 rings (SSSR count). The number of hydrogen-bond donors (Lipinski definition) is 3. The first-order chi connectivity index (χ1) is 11.2. The minimum absolute atomic E-state index is 0. The molecular weight excluding hydrogens is 309 g/mol. The summed E-state index contributed by atoms with van der Waals surface area (Å²) in [5.41, 5.74) is 1.47. The molecule has 0 unspecified atom stereocenters. The summed E-state index contributed by atoms with van der Waals surface area (Å²) in [4.78, 5) is 0. The average Bonchev–Trinajstić information content (AvgIpc) is 2.59. The molecule has 1 aromatic carbocycles. The summed E-state index contributed by atoms with van der Waals surface area (Å²) in [5, 5.41) is 19.1. The van der Waals surface area contributed by atoms with E-state index in [4.69, 9.17) is 10.2 Å². The fourth-order valence-corrected chi connectivity index (χ4v) is 2.26. The monoisotopic (exact) mass is 347 g/mol. The Hall–Kier alpha value is 0.1000. The molecule has 0 aliphatic carbocycles. The number of rotatable bonds is 6. The van der Waals surface area contributed by atoms with E-state index < -0.39 is 0 Å². The van der Waals surface area contributed by atoms with Crippen LogP contribution in [0.15, 0.2) is 30.3 Å². The second-order valence-corrected chi connectivity index (χ2v) is 6.18. The molecule has 0 amide bonds. The Bertz CT molecular complexity index is 334. The summed E-state index contributed by atoms with van der Waals surface area (Å²) in [5.74, 6) is 0.973. The number of aryl methyl sites for hydroxylation is 1. The maximum Gasteiger partial charge on any atom is 1.00 e. The zero-order valence-corrected chi connectivity index (χ0v) is 18.1. The molecule has 0 bridgehead atoms. The fourth-order valence-electron chi connectivity index (χ4n) is 2.26. The number of unbranched alkanes of at least 4 members (excludes halogenated alkanes) is 2. The van der Waals surface area contributed by atoms with Gasteiger partial charge < -0.3 is 17.0 Å². The van der Waals surface area contributed by atoms with Crippen LogP contribution in [0, 0.1) is 5.92 Å². The number of piperidine rings is 1. The smallest absolute Gasteiger partial charge is 1.00 e. The molecule has 1 saturated heterocycles. The van der Waals surface area contributed by atoms with Gasteiger partial charge in [0.05, 0.1) is 0 Å². The number of nitrogens with one attached hydrogen (secondary N) is 1. The van der Waals surface area contributed by atoms with Crippen molar-refractivity contribution in [2.45, 2.75) is 58.8 Å². The van der Waals surface area contributed by atoms with E-state index in [0.717, 1.165) is 5.92 Å². The maximum atomic E-state index is 7.91. The van der Waals surface area contributed by atoms with Crippen LogP contribution in [-0.2, 0) is 6.42 Å². The van der Waals surface area contributed by atoms with Crippen molar-refractivity contribution in [3.05, 3.63) is 35.9 Å². The third kappa shape index (κ3) is 18.4. The van der Waals surface area contributed by atoms with E-state index in [1.165, 1.54) is 57.2 Å². The molecule has 24 heavy (non-hydrogen) atoms. The number of aliphatic hydroxyl groups excluding tert-OH is 2. The van der Waals surface area contributed by atoms with Gasteiger partial charge in [-0.2, -0.15) is 0 Å². The first kappa shape index (κ1) is 26.3. The van der Waals surface area contributed by atoms with Crippen molar-refractivity contribution in [3.63, 3.8) is 0 Å². The topological polar surface area (TPSA) is 52.5 Å². The van der Waals surface area contributed by atoms with Gasteiger partial charge in [0.1, 0.15) is 0 Å². The van der Waals surface area contributed by atoms with Gasteiger partial charge in [-0.15, -0.1) is 0 Å². The third-order valence-corrected chi connectivity index (χ3v) is 3.86. The van der Waals surface area contributed by atoms with Crippen LogP contribution < -0.4 is 34.9 Å². The van der Waals surface area contributed by atoms with Crippen molar-refractivity contribution in [2.75, 3.05) is 26.3 Å². The van der Waals surface area contributed by atoms with Crippen LogP contribution in [0.5, 0.6) is 0 Å². The minimum atomic E-state index is 0. The molecule has 3 nitrogen and oxygen atoms in total. The number of aliphatic hydroxyl groups is 2. The molecule has 0 atom stereocenters. The molecule has 0 saturated carbocycles. The van der Waals surface area contributed by atoms with E-state index in [1.54, 1.807) is 0 Å². The van der Waals surface area contributed by atoms with E-state index in [2.05, 4.69) is 49.5 Å². The van der Waals surface area contributed by atoms with E-state index in [9.17, 15) is 0 Å². The van der Waals surface area contributed by atoms with Crippen molar-refractivity contribution in [2.24, 2.45) is 5.92 Å². The molecular formula is C20H38NNaO2. The number of hydrogen-bond acceptors (Lipinski definition) is 3. The van der Waals surface area contributed by atoms with Gasteiger partial charge in [-0.3, -0.25) is 0 Å². The van der Waals surface area contributed by atoms with E-state index in [0.29, 0.717) is 6.42 Å². The Morgan fingerprint density at radius 3 is 1.96 bits per heavy atom. The van der Waals surface area contributed by atoms with Crippen molar-refractivity contribution in [3.8, 4) is 0 Å². The predicted octanol–water partition coefficient (Wildman–Crippen LogP) is 0.903. The van der Waals surface area contributed by atoms with Gasteiger partial charge in [0.15, 0.2) is 0 Å². The van der Waals surface area contributed by atoms with Gasteiger partial charge in [-0.05, 0) is 56.7 Å². The molecule has 1 fully saturated rings. The summed E-state index contributed by atoms with van der Waals surface area (Å²) < 4.78 is 0. The first-order valence-electron chi connectivity index (χ1n) is 9.20. The standard InChI is InChI=1S/C11H16.C6H13N.C3H8O2.Na.H/c1-2-3-5-8-11-9-6-4-7-10-11;1-6-2-4-7-5-3-6;4-2-1-3-5;;/h4,6-7,9-10H,2-3,5,8H2,1H3;6-7H,2-5H2,1H3;4-5H,1-3H2;;/q;;;+1;-1. The van der Waals surface area contributed by atoms with E-state index in [-0.39, 0.29) is 44.2 Å². The zero-order valence-electron chi connectivity index (χ0n) is 17.1. The van der Waals surface area contributed by atoms with E-state index >= 15 is 0 Å². The summed E-state index contributed by atoms with van der Waals surface area (Å²) in [6.07, 6.45) is 8.50. The minimum Gasteiger partial charge on any atom is -1.00 e. The molecule has 136 valence electrons. The van der Waals surface area contributed by atoms with Crippen LogP contribution in [0.25, 0.3) is 0 Å². The predicted molar refractivity (Wildman–Crippen MR) is 101 cm³/mol. The molecule has 0 spiro atoms. The van der Waals surface area contributed by atoms with Gasteiger partial charge in [-0.1, -0.05) is 57.0 Å². The SMILES string of the molecule is CC1CCNCC1.CCCCCc1ccccc1.OCCCO.[H-].[Na+]. The van der Waals surface area contributed by atoms with Crippen molar-refractivity contribution >= 4 is 0 Å². The largest absolute Gasteiger partial charge is 1.00 e. The Morgan fingerprint density at radius 2 is 1.58 bits per heavy atom. The normalized spacial score (nSPS) is 13.7. The van der Waals surface area contributed by atoms with Gasteiger partial charge in [-0.25, -0.2) is 0 Å². The van der Waals surface area contributed by atoms with E-state index in [1.807, 2.05) is 0 Å². The van der Waals surface area contributed by atoms with Crippen LogP contribution in [-0.4, -0.2) is 36.5 Å². The Kier molecular flexibility index (Phi) is 23.2. The molecule has 0 aromatic heterocycles. The Morgan fingerprint density at radius 1 is 1.00 bits per heavy atom. The van der Waals surface area contributed by atoms with Crippen LogP contribution >= 0.6 is 0 Å². The van der Waals surface area contributed by atoms with Gasteiger partial charge in [0, 0.05) is 13.2 Å². The fraction of sp³-hybridized carbons (Fsp3) is 0.700. The van der Waals surface area contributed by atoms with Crippen LogP contribution in [0.3, 0.4) is 0 Å². The molecule has 1 aromatic rings. The molecule has 1 heterocycles. The Balaban J connectivity index is -0.000000302. The molecule has 0 radical (unpaired) electrons. The summed E-state index contributed by atoms with van der Waals surface area (Å²) in [6, 6.07) is 10.7. The van der Waals surface area contributed by atoms with Crippen LogP contribution in [0.1, 0.15) is 59.4 Å². The summed E-state index contributed by atoms with van der Waals surface area (Å²) in [7, 11) is 0. The maximum absolute atomic E-state index is 7.91. The first-order valence-corrected chi connectivity index (χ1v) is 9.20. The quantitative estimate of drug-likeness (QED) is 0.529. The van der Waals surface area contributed by atoms with Gasteiger partial charge in [0.2, 0.25) is 0 Å². The van der Waals surface area contributed by atoms with Crippen molar-refractivity contribution in [1.82, 2.24) is 5.32 Å². The summed E-state index contributed by atoms with van der Waals surface area (Å²) >= 11 is 0. The molecule has 4 heteroatoms. The second-order valence-electron chi connectivity index (χ2n) is 6.18. The molecule has 1 aliphatic heterocycles. The number of benzene rings is 1. The van der Waals surface area contributed by atoms with Gasteiger partial charge >= 0.3 is 29.6 Å².